The molecule has 0 aliphatic heterocycles. The fraction of sp³-hybridized carbons (Fsp3) is 0.556. The van der Waals surface area contributed by atoms with Crippen LogP contribution in [-0.2, 0) is 9.53 Å². The van der Waals surface area contributed by atoms with Gasteiger partial charge in [0.1, 0.15) is 0 Å². The molecule has 140 valence electrons. The Labute approximate surface area is 149 Å². The van der Waals surface area contributed by atoms with Crippen molar-refractivity contribution in [2.24, 2.45) is 4.99 Å². The summed E-state index contributed by atoms with van der Waals surface area (Å²) in [6, 6.07) is 5.65. The SMILES string of the molecule is CCNC(=NCCCCC(=O)OC)Nc1ccc(OCC)c(OC)c1. The molecule has 1 aromatic rings. The second-order valence-corrected chi connectivity index (χ2v) is 5.22. The Bertz CT molecular complexity index is 561. The standard InChI is InChI=1S/C18H29N3O4/c1-5-19-18(20-12-8-7-9-17(22)24-4)21-14-10-11-15(25-6-2)16(13-14)23-3/h10-11,13H,5-9,12H2,1-4H3,(H2,19,20,21). The summed E-state index contributed by atoms with van der Waals surface area (Å²) < 4.78 is 15.5. The molecule has 0 aliphatic carbocycles. The molecule has 0 radical (unpaired) electrons. The van der Waals surface area contributed by atoms with Gasteiger partial charge in [0.25, 0.3) is 0 Å². The zero-order chi connectivity index (χ0) is 18.5. The summed E-state index contributed by atoms with van der Waals surface area (Å²) in [7, 11) is 3.01. The van der Waals surface area contributed by atoms with Crippen LogP contribution in [0.15, 0.2) is 23.2 Å². The van der Waals surface area contributed by atoms with E-state index in [1.807, 2.05) is 32.0 Å². The van der Waals surface area contributed by atoms with E-state index in [1.165, 1.54) is 7.11 Å². The van der Waals surface area contributed by atoms with E-state index in [0.29, 0.717) is 37.0 Å². The number of guanidine groups is 1. The quantitative estimate of drug-likeness (QED) is 0.292. The normalized spacial score (nSPS) is 11.0. The highest BCUT2D eigenvalue weighted by atomic mass is 16.5. The molecule has 2 N–H and O–H groups in total. The highest BCUT2D eigenvalue weighted by Gasteiger charge is 2.07. The summed E-state index contributed by atoms with van der Waals surface area (Å²) in [5.74, 6) is 1.88. The number of nitrogens with zero attached hydrogens (tertiary/aromatic N) is 1. The number of rotatable bonds is 10. The number of carbonyl (C=O) groups excluding carboxylic acids is 1. The van der Waals surface area contributed by atoms with Gasteiger partial charge in [0, 0.05) is 31.3 Å². The van der Waals surface area contributed by atoms with Crippen LogP contribution in [0, 0.1) is 0 Å². The largest absolute Gasteiger partial charge is 0.493 e. The van der Waals surface area contributed by atoms with Gasteiger partial charge in [-0.25, -0.2) is 0 Å². The topological polar surface area (TPSA) is 81.2 Å². The molecule has 7 nitrogen and oxygen atoms in total. The van der Waals surface area contributed by atoms with Crippen LogP contribution >= 0.6 is 0 Å². The van der Waals surface area contributed by atoms with Crippen molar-refractivity contribution in [3.63, 3.8) is 0 Å². The van der Waals surface area contributed by atoms with Crippen molar-refractivity contribution in [2.75, 3.05) is 39.2 Å². The lowest BCUT2D eigenvalue weighted by Gasteiger charge is -2.14. The van der Waals surface area contributed by atoms with Gasteiger partial charge in [-0.15, -0.1) is 0 Å². The molecule has 25 heavy (non-hydrogen) atoms. The van der Waals surface area contributed by atoms with Crippen LogP contribution in [0.5, 0.6) is 11.5 Å². The number of hydrogen-bond acceptors (Lipinski definition) is 5. The smallest absolute Gasteiger partial charge is 0.305 e. The Morgan fingerprint density at radius 2 is 1.96 bits per heavy atom. The van der Waals surface area contributed by atoms with Crippen LogP contribution in [0.25, 0.3) is 0 Å². The Morgan fingerprint density at radius 1 is 1.16 bits per heavy atom. The molecular weight excluding hydrogens is 322 g/mol. The highest BCUT2D eigenvalue weighted by molar-refractivity contribution is 5.93. The van der Waals surface area contributed by atoms with Crippen molar-refractivity contribution in [1.29, 1.82) is 0 Å². The average Bonchev–Trinajstić information content (AvgIpc) is 2.62. The van der Waals surface area contributed by atoms with Crippen molar-refractivity contribution in [3.8, 4) is 11.5 Å². The maximum atomic E-state index is 11.1. The number of nitrogens with one attached hydrogen (secondary N) is 2. The highest BCUT2D eigenvalue weighted by Crippen LogP contribution is 2.30. The van der Waals surface area contributed by atoms with Gasteiger partial charge in [-0.1, -0.05) is 0 Å². The first kappa shape index (κ1) is 20.6. The van der Waals surface area contributed by atoms with Gasteiger partial charge in [0.2, 0.25) is 0 Å². The Balaban J connectivity index is 2.64. The molecule has 7 heteroatoms. The van der Waals surface area contributed by atoms with Crippen LogP contribution < -0.4 is 20.1 Å². The predicted molar refractivity (Wildman–Crippen MR) is 99.6 cm³/mol. The van der Waals surface area contributed by atoms with E-state index in [1.54, 1.807) is 7.11 Å². The van der Waals surface area contributed by atoms with Crippen LogP contribution in [0.4, 0.5) is 5.69 Å². The lowest BCUT2D eigenvalue weighted by molar-refractivity contribution is -0.140. The summed E-state index contributed by atoms with van der Waals surface area (Å²) >= 11 is 0. The molecule has 0 aromatic heterocycles. The minimum absolute atomic E-state index is 0.185. The van der Waals surface area contributed by atoms with E-state index in [0.717, 1.165) is 25.1 Å². The number of unbranched alkanes of at least 4 members (excludes halogenated alkanes) is 1. The third-order valence-electron chi connectivity index (χ3n) is 3.36. The minimum Gasteiger partial charge on any atom is -0.493 e. The molecule has 0 bridgehead atoms. The van der Waals surface area contributed by atoms with Crippen molar-refractivity contribution < 1.29 is 19.0 Å². The summed E-state index contributed by atoms with van der Waals surface area (Å²) in [5.41, 5.74) is 0.856. The third-order valence-corrected chi connectivity index (χ3v) is 3.36. The van der Waals surface area contributed by atoms with Crippen molar-refractivity contribution in [2.45, 2.75) is 33.1 Å². The molecule has 0 fully saturated rings. The van der Waals surface area contributed by atoms with Gasteiger partial charge in [-0.05, 0) is 38.8 Å². The summed E-state index contributed by atoms with van der Waals surface area (Å²) in [6.45, 7) is 5.90. The molecule has 0 saturated carbocycles. The van der Waals surface area contributed by atoms with Gasteiger partial charge < -0.3 is 24.8 Å². The number of carbonyl (C=O) groups is 1. The molecule has 0 aliphatic rings. The first-order valence-electron chi connectivity index (χ1n) is 8.57. The second kappa shape index (κ2) is 12.0. The van der Waals surface area contributed by atoms with E-state index in [-0.39, 0.29) is 5.97 Å². The number of aliphatic imine (C=N–C) groups is 1. The number of esters is 1. The molecule has 1 aromatic carbocycles. The van der Waals surface area contributed by atoms with Crippen molar-refractivity contribution in [3.05, 3.63) is 18.2 Å². The molecule has 0 saturated heterocycles. The zero-order valence-electron chi connectivity index (χ0n) is 15.6. The fourth-order valence-corrected chi connectivity index (χ4v) is 2.14. The first-order chi connectivity index (χ1) is 12.1. The van der Waals surface area contributed by atoms with Crippen molar-refractivity contribution >= 4 is 17.6 Å². The number of methoxy groups -OCH3 is 2. The second-order valence-electron chi connectivity index (χ2n) is 5.22. The van der Waals surface area contributed by atoms with Crippen LogP contribution in [0.1, 0.15) is 33.1 Å². The molecule has 1 rings (SSSR count). The zero-order valence-corrected chi connectivity index (χ0v) is 15.6. The molecule has 0 unspecified atom stereocenters. The monoisotopic (exact) mass is 351 g/mol. The van der Waals surface area contributed by atoms with Gasteiger partial charge >= 0.3 is 5.97 Å². The number of hydrogen-bond donors (Lipinski definition) is 2. The van der Waals surface area contributed by atoms with E-state index in [9.17, 15) is 4.79 Å². The Kier molecular flexibility index (Phi) is 9.89. The van der Waals surface area contributed by atoms with Gasteiger partial charge in [-0.2, -0.15) is 0 Å². The van der Waals surface area contributed by atoms with Crippen LogP contribution in [0.3, 0.4) is 0 Å². The van der Waals surface area contributed by atoms with E-state index >= 15 is 0 Å². The molecule has 0 atom stereocenters. The Hall–Kier alpha value is -2.44. The van der Waals surface area contributed by atoms with Gasteiger partial charge in [0.15, 0.2) is 17.5 Å². The van der Waals surface area contributed by atoms with E-state index in [2.05, 4.69) is 20.4 Å². The molecule has 0 amide bonds. The minimum atomic E-state index is -0.185. The van der Waals surface area contributed by atoms with E-state index < -0.39 is 0 Å². The first-order valence-corrected chi connectivity index (χ1v) is 8.57. The number of ether oxygens (including phenoxy) is 3. The maximum absolute atomic E-state index is 11.1. The lowest BCUT2D eigenvalue weighted by Crippen LogP contribution is -2.30. The van der Waals surface area contributed by atoms with Crippen LogP contribution in [-0.4, -0.2) is 45.8 Å². The summed E-state index contributed by atoms with van der Waals surface area (Å²) in [5, 5.41) is 6.44. The third kappa shape index (κ3) is 7.78. The van der Waals surface area contributed by atoms with Gasteiger partial charge in [-0.3, -0.25) is 9.79 Å². The average molecular weight is 351 g/mol. The fourth-order valence-electron chi connectivity index (χ4n) is 2.14. The maximum Gasteiger partial charge on any atom is 0.305 e. The molecular formula is C18H29N3O4. The molecule has 0 heterocycles. The van der Waals surface area contributed by atoms with Crippen LogP contribution in [0.2, 0.25) is 0 Å². The predicted octanol–water partition coefficient (Wildman–Crippen LogP) is 2.81. The van der Waals surface area contributed by atoms with Crippen molar-refractivity contribution in [1.82, 2.24) is 5.32 Å². The molecule has 0 spiro atoms. The lowest BCUT2D eigenvalue weighted by atomic mass is 10.2. The number of benzene rings is 1. The summed E-state index contributed by atoms with van der Waals surface area (Å²) in [6.07, 6.45) is 2.00. The van der Waals surface area contributed by atoms with Gasteiger partial charge in [0.05, 0.1) is 20.8 Å². The Morgan fingerprint density at radius 3 is 2.60 bits per heavy atom. The van der Waals surface area contributed by atoms with E-state index in [4.69, 9.17) is 9.47 Å². The summed E-state index contributed by atoms with van der Waals surface area (Å²) in [4.78, 5) is 15.6. The number of anilines is 1.